The van der Waals surface area contributed by atoms with Crippen molar-refractivity contribution in [2.75, 3.05) is 5.73 Å². The highest BCUT2D eigenvalue weighted by molar-refractivity contribution is 7.16. The summed E-state index contributed by atoms with van der Waals surface area (Å²) in [6, 6.07) is 29.6. The molecule has 0 amide bonds. The average molecular weight is 572 g/mol. The number of carbonyl (C=O) groups excluding carboxylic acids is 1. The summed E-state index contributed by atoms with van der Waals surface area (Å²) in [5.74, 6) is -2.10. The van der Waals surface area contributed by atoms with Gasteiger partial charge in [-0.15, -0.1) is 0 Å². The van der Waals surface area contributed by atoms with Gasteiger partial charge in [-0.3, -0.25) is 0 Å². The number of nitrogens with two attached hydrogens (primary N) is 1. The number of aromatic nitrogens is 1. The van der Waals surface area contributed by atoms with Crippen LogP contribution in [0.1, 0.15) is 62.0 Å². The lowest BCUT2D eigenvalue weighted by molar-refractivity contribution is -0.179. The van der Waals surface area contributed by atoms with Gasteiger partial charge < -0.3 is 20.4 Å². The number of hydrogen-bond acceptors (Lipinski definition) is 8. The van der Waals surface area contributed by atoms with Gasteiger partial charge in [0.15, 0.2) is 0 Å². The van der Waals surface area contributed by atoms with E-state index < -0.39 is 34.3 Å². The second-order valence-corrected chi connectivity index (χ2v) is 12.0. The topological polar surface area (TPSA) is 124 Å². The Bertz CT molecular complexity index is 1450. The molecule has 212 valence electrons. The first-order valence-electron chi connectivity index (χ1n) is 13.0. The number of hydrogen-bond donors (Lipinski definition) is 2. The van der Waals surface area contributed by atoms with Gasteiger partial charge in [-0.2, -0.15) is 0 Å². The minimum Gasteiger partial charge on any atom is -0.476 e. The quantitative estimate of drug-likeness (QED) is 0.109. The molecule has 3 N–H and O–H groups in total. The van der Waals surface area contributed by atoms with Crippen LogP contribution in [0.2, 0.25) is 0 Å². The van der Waals surface area contributed by atoms with E-state index in [2.05, 4.69) is 5.16 Å². The second-order valence-electron chi connectivity index (χ2n) is 10.9. The monoisotopic (exact) mass is 571 g/mol. The zero-order valence-corrected chi connectivity index (χ0v) is 24.4. The molecule has 1 heterocycles. The van der Waals surface area contributed by atoms with Crippen LogP contribution in [0.4, 0.5) is 5.00 Å². The second kappa shape index (κ2) is 11.5. The molecule has 1 aromatic heterocycles. The van der Waals surface area contributed by atoms with E-state index in [-0.39, 0.29) is 10.7 Å². The van der Waals surface area contributed by atoms with Crippen molar-refractivity contribution in [3.8, 4) is 0 Å². The highest BCUT2D eigenvalue weighted by Gasteiger charge is 2.42. The molecule has 0 unspecified atom stereocenters. The number of carboxylic acid groups (broad SMARTS) is 1. The lowest BCUT2D eigenvalue weighted by Crippen LogP contribution is -2.40. The summed E-state index contributed by atoms with van der Waals surface area (Å²) < 4.78 is 5.40. The number of carboxylic acids is 1. The van der Waals surface area contributed by atoms with Crippen molar-refractivity contribution in [3.63, 3.8) is 0 Å². The van der Waals surface area contributed by atoms with Crippen LogP contribution in [0, 0.1) is 0 Å². The number of nitrogens with zero attached hydrogens (tertiary/aromatic N) is 2. The summed E-state index contributed by atoms with van der Waals surface area (Å²) in [7, 11) is 0. The molecular weight excluding hydrogens is 538 g/mol. The van der Waals surface area contributed by atoms with E-state index in [0.29, 0.717) is 5.01 Å². The third-order valence-electron chi connectivity index (χ3n) is 6.28. The number of nitrogen functional groups attached to an aromatic ring is 1. The summed E-state index contributed by atoms with van der Waals surface area (Å²) in [5.41, 5.74) is 5.41. The van der Waals surface area contributed by atoms with Crippen molar-refractivity contribution < 1.29 is 24.3 Å². The smallest absolute Gasteiger partial charge is 0.360 e. The average Bonchev–Trinajstić information content (AvgIpc) is 3.31. The lowest BCUT2D eigenvalue weighted by atomic mass is 9.70. The minimum absolute atomic E-state index is 0.0512. The van der Waals surface area contributed by atoms with Crippen LogP contribution < -0.4 is 5.73 Å². The van der Waals surface area contributed by atoms with Gasteiger partial charge in [-0.25, -0.2) is 14.6 Å². The van der Waals surface area contributed by atoms with Crippen LogP contribution in [-0.2, 0) is 24.6 Å². The summed E-state index contributed by atoms with van der Waals surface area (Å²) in [6.45, 7) is 8.07. The van der Waals surface area contributed by atoms with E-state index in [1.165, 1.54) is 25.2 Å². The highest BCUT2D eigenvalue weighted by atomic mass is 32.1. The molecule has 0 aliphatic rings. The maximum absolute atomic E-state index is 12.7. The van der Waals surface area contributed by atoms with E-state index in [1.807, 2.05) is 91.0 Å². The Morgan fingerprint density at radius 1 is 0.805 bits per heavy atom. The molecule has 0 spiro atoms. The van der Waals surface area contributed by atoms with Crippen LogP contribution in [0.15, 0.2) is 96.2 Å². The zero-order valence-electron chi connectivity index (χ0n) is 23.6. The largest absolute Gasteiger partial charge is 0.476 e. The Balaban J connectivity index is 1.90. The van der Waals surface area contributed by atoms with Crippen molar-refractivity contribution in [1.29, 1.82) is 0 Å². The molecule has 0 saturated heterocycles. The molecule has 8 nitrogen and oxygen atoms in total. The molecule has 0 fully saturated rings. The molecular formula is C32H33N3O5S. The van der Waals surface area contributed by atoms with Gasteiger partial charge >= 0.3 is 11.9 Å². The summed E-state index contributed by atoms with van der Waals surface area (Å²) in [4.78, 5) is 35.4. The molecule has 4 rings (SSSR count). The predicted molar refractivity (Wildman–Crippen MR) is 160 cm³/mol. The van der Waals surface area contributed by atoms with Gasteiger partial charge in [0.1, 0.15) is 21.3 Å². The first kappa shape index (κ1) is 29.5. The Labute approximate surface area is 243 Å². The number of rotatable bonds is 9. The summed E-state index contributed by atoms with van der Waals surface area (Å²) in [6.07, 6.45) is 0. The van der Waals surface area contributed by atoms with Crippen molar-refractivity contribution >= 4 is 34.0 Å². The predicted octanol–water partition coefficient (Wildman–Crippen LogP) is 6.03. The molecule has 0 atom stereocenters. The van der Waals surface area contributed by atoms with Crippen LogP contribution in [0.3, 0.4) is 0 Å². The fourth-order valence-electron chi connectivity index (χ4n) is 4.38. The number of carbonyl (C=O) groups is 2. The summed E-state index contributed by atoms with van der Waals surface area (Å²) >= 11 is 1.17. The van der Waals surface area contributed by atoms with Crippen molar-refractivity contribution in [1.82, 2.24) is 4.98 Å². The zero-order chi connectivity index (χ0) is 29.8. The number of aliphatic carboxylic acids is 1. The molecule has 0 saturated carbocycles. The van der Waals surface area contributed by atoms with Gasteiger partial charge in [0.05, 0.1) is 5.41 Å². The minimum atomic E-state index is -1.57. The van der Waals surface area contributed by atoms with Crippen molar-refractivity contribution in [2.45, 2.75) is 51.2 Å². The standard InChI is InChI=1S/C32H33N3O5S/c1-30(2,3)39-29(38)31(4,5)40-35-25(27(36)37)24-26(33)41-28(34-24)32(21-15-9-6-10-16-21,22-17-11-7-12-18-22)23-19-13-8-14-20-23/h6-20H,33H2,1-5H3,(H,36,37). The molecule has 0 radical (unpaired) electrons. The number of anilines is 1. The van der Waals surface area contributed by atoms with Gasteiger partial charge in [0, 0.05) is 0 Å². The Morgan fingerprint density at radius 3 is 1.63 bits per heavy atom. The fraction of sp³-hybridized carbons (Fsp3) is 0.250. The number of ether oxygens (including phenoxy) is 1. The number of benzene rings is 3. The van der Waals surface area contributed by atoms with Crippen LogP contribution in [0.5, 0.6) is 0 Å². The Hall–Kier alpha value is -4.50. The molecule has 0 aliphatic heterocycles. The van der Waals surface area contributed by atoms with Gasteiger partial charge in [-0.1, -0.05) is 107 Å². The Morgan fingerprint density at radius 2 is 1.24 bits per heavy atom. The van der Waals surface area contributed by atoms with Crippen LogP contribution in [0.25, 0.3) is 0 Å². The molecule has 9 heteroatoms. The number of thiazole rings is 1. The normalized spacial score (nSPS) is 12.6. The fourth-order valence-corrected chi connectivity index (χ4v) is 5.47. The summed E-state index contributed by atoms with van der Waals surface area (Å²) in [5, 5.41) is 14.7. The van der Waals surface area contributed by atoms with Crippen molar-refractivity contribution in [3.05, 3.63) is 118 Å². The third-order valence-corrected chi connectivity index (χ3v) is 7.28. The van der Waals surface area contributed by atoms with E-state index in [1.54, 1.807) is 20.8 Å². The lowest BCUT2D eigenvalue weighted by Gasteiger charge is -2.34. The van der Waals surface area contributed by atoms with Crippen LogP contribution in [-0.4, -0.2) is 38.9 Å². The first-order valence-corrected chi connectivity index (χ1v) is 13.8. The van der Waals surface area contributed by atoms with Gasteiger partial charge in [0.2, 0.25) is 11.3 Å². The Kier molecular flexibility index (Phi) is 8.30. The number of oxime groups is 1. The molecule has 41 heavy (non-hydrogen) atoms. The van der Waals surface area contributed by atoms with Gasteiger partial charge in [0.25, 0.3) is 0 Å². The molecule has 3 aromatic carbocycles. The maximum Gasteiger partial charge on any atom is 0.360 e. The van der Waals surface area contributed by atoms with E-state index in [4.69, 9.17) is 20.3 Å². The molecule has 0 aliphatic carbocycles. The van der Waals surface area contributed by atoms with E-state index in [9.17, 15) is 14.7 Å². The highest BCUT2D eigenvalue weighted by Crippen LogP contribution is 2.47. The third kappa shape index (κ3) is 6.15. The van der Waals surface area contributed by atoms with E-state index >= 15 is 0 Å². The SMILES string of the molecule is CC(C)(C)OC(=O)C(C)(C)ON=C(C(=O)O)c1nc(C(c2ccccc2)(c2ccccc2)c2ccccc2)sc1N. The molecule has 0 bridgehead atoms. The first-order chi connectivity index (χ1) is 19.4. The van der Waals surface area contributed by atoms with Crippen molar-refractivity contribution in [2.24, 2.45) is 5.16 Å². The number of esters is 1. The maximum atomic E-state index is 12.7. The van der Waals surface area contributed by atoms with Gasteiger partial charge in [-0.05, 0) is 51.3 Å². The van der Waals surface area contributed by atoms with E-state index in [0.717, 1.165) is 16.7 Å². The van der Waals surface area contributed by atoms with Crippen LogP contribution >= 0.6 is 11.3 Å². The molecule has 4 aromatic rings.